The van der Waals surface area contributed by atoms with Crippen molar-refractivity contribution in [3.63, 3.8) is 0 Å². The molecule has 25 heavy (non-hydrogen) atoms. The third-order valence-corrected chi connectivity index (χ3v) is 4.37. The van der Waals surface area contributed by atoms with Crippen molar-refractivity contribution in [2.24, 2.45) is 0 Å². The fraction of sp³-hybridized carbons (Fsp3) is 0.529. The van der Waals surface area contributed by atoms with Gasteiger partial charge in [0, 0.05) is 58.4 Å². The molecule has 0 unspecified atom stereocenters. The molecule has 0 saturated carbocycles. The summed E-state index contributed by atoms with van der Waals surface area (Å²) in [6.07, 6.45) is 0.240. The van der Waals surface area contributed by atoms with Gasteiger partial charge < -0.3 is 19.9 Å². The Bertz CT molecular complexity index is 609. The van der Waals surface area contributed by atoms with E-state index in [4.69, 9.17) is 16.3 Å². The lowest BCUT2D eigenvalue weighted by atomic mass is 10.2. The largest absolute Gasteiger partial charge is 0.383 e. The van der Waals surface area contributed by atoms with Gasteiger partial charge in [-0.3, -0.25) is 9.59 Å². The van der Waals surface area contributed by atoms with Gasteiger partial charge in [0.25, 0.3) is 5.91 Å². The maximum atomic E-state index is 13.3. The van der Waals surface area contributed by atoms with Gasteiger partial charge in [0.15, 0.2) is 0 Å². The molecular weight excluding hydrogens is 349 g/mol. The first kappa shape index (κ1) is 19.6. The summed E-state index contributed by atoms with van der Waals surface area (Å²) in [5.74, 6) is -0.850. The lowest BCUT2D eigenvalue weighted by Crippen LogP contribution is -2.47. The number of hydrogen-bond acceptors (Lipinski definition) is 4. The SMILES string of the molecule is COCCN(CCC(=O)N1CCNCC1)C(=O)c1ccc(F)c(Cl)c1. The second-order valence-corrected chi connectivity index (χ2v) is 6.20. The molecule has 2 amide bonds. The van der Waals surface area contributed by atoms with Crippen molar-refractivity contribution in [2.75, 3.05) is 53.0 Å². The predicted molar refractivity (Wildman–Crippen MR) is 93.3 cm³/mol. The van der Waals surface area contributed by atoms with Gasteiger partial charge in [-0.25, -0.2) is 4.39 Å². The number of nitrogens with one attached hydrogen (secondary N) is 1. The molecule has 0 spiro atoms. The minimum atomic E-state index is -0.574. The Balaban J connectivity index is 2.00. The third kappa shape index (κ3) is 5.66. The van der Waals surface area contributed by atoms with Gasteiger partial charge in [-0.2, -0.15) is 0 Å². The van der Waals surface area contributed by atoms with Crippen molar-refractivity contribution in [1.82, 2.24) is 15.1 Å². The summed E-state index contributed by atoms with van der Waals surface area (Å²) in [5.41, 5.74) is 0.289. The topological polar surface area (TPSA) is 61.9 Å². The Kier molecular flexibility index (Phi) is 7.61. The molecule has 0 aromatic heterocycles. The van der Waals surface area contributed by atoms with Crippen molar-refractivity contribution in [2.45, 2.75) is 6.42 Å². The van der Waals surface area contributed by atoms with Gasteiger partial charge in [0.05, 0.1) is 11.6 Å². The van der Waals surface area contributed by atoms with Gasteiger partial charge in [0.2, 0.25) is 5.91 Å². The smallest absolute Gasteiger partial charge is 0.254 e. The lowest BCUT2D eigenvalue weighted by molar-refractivity contribution is -0.132. The van der Waals surface area contributed by atoms with Crippen LogP contribution in [0.1, 0.15) is 16.8 Å². The van der Waals surface area contributed by atoms with Crippen LogP contribution >= 0.6 is 11.6 Å². The first-order chi connectivity index (χ1) is 12.0. The highest BCUT2D eigenvalue weighted by Gasteiger charge is 2.21. The van der Waals surface area contributed by atoms with E-state index in [0.717, 1.165) is 19.2 Å². The second-order valence-electron chi connectivity index (χ2n) is 5.79. The summed E-state index contributed by atoms with van der Waals surface area (Å²) in [5, 5.41) is 3.09. The zero-order valence-corrected chi connectivity index (χ0v) is 15.0. The summed E-state index contributed by atoms with van der Waals surface area (Å²) in [6, 6.07) is 3.86. The summed E-state index contributed by atoms with van der Waals surface area (Å²) in [7, 11) is 1.54. The Morgan fingerprint density at radius 3 is 2.68 bits per heavy atom. The third-order valence-electron chi connectivity index (χ3n) is 4.08. The molecule has 2 rings (SSSR count). The van der Waals surface area contributed by atoms with E-state index in [1.165, 1.54) is 17.0 Å². The standard InChI is InChI=1S/C17H23ClFN3O3/c1-25-11-10-22(7-4-16(23)21-8-5-20-6-9-21)17(24)13-2-3-15(19)14(18)12-13/h2-3,12,20H,4-11H2,1H3. The number of benzene rings is 1. The van der Waals surface area contributed by atoms with Crippen molar-refractivity contribution < 1.29 is 18.7 Å². The van der Waals surface area contributed by atoms with Crippen molar-refractivity contribution >= 4 is 23.4 Å². The van der Waals surface area contributed by atoms with Crippen molar-refractivity contribution in [1.29, 1.82) is 0 Å². The fourth-order valence-corrected chi connectivity index (χ4v) is 2.81. The molecule has 1 aliphatic rings. The number of methoxy groups -OCH3 is 1. The van der Waals surface area contributed by atoms with Gasteiger partial charge in [0.1, 0.15) is 5.82 Å². The Morgan fingerprint density at radius 1 is 1.32 bits per heavy atom. The molecule has 1 aromatic carbocycles. The fourth-order valence-electron chi connectivity index (χ4n) is 2.63. The maximum Gasteiger partial charge on any atom is 0.254 e. The summed E-state index contributed by atoms with van der Waals surface area (Å²) in [4.78, 5) is 28.3. The van der Waals surface area contributed by atoms with Crippen molar-refractivity contribution in [3.8, 4) is 0 Å². The number of nitrogens with zero attached hydrogens (tertiary/aromatic N) is 2. The summed E-state index contributed by atoms with van der Waals surface area (Å²) < 4.78 is 18.3. The average Bonchev–Trinajstić information content (AvgIpc) is 2.64. The molecule has 8 heteroatoms. The zero-order valence-electron chi connectivity index (χ0n) is 14.3. The molecule has 1 aromatic rings. The highest BCUT2D eigenvalue weighted by atomic mass is 35.5. The molecule has 1 aliphatic heterocycles. The molecule has 1 fully saturated rings. The van der Waals surface area contributed by atoms with Gasteiger partial charge in [-0.15, -0.1) is 0 Å². The number of piperazine rings is 1. The van der Waals surface area contributed by atoms with Crippen LogP contribution in [0.4, 0.5) is 4.39 Å². The molecule has 6 nitrogen and oxygen atoms in total. The number of ether oxygens (including phenoxy) is 1. The molecule has 1 N–H and O–H groups in total. The van der Waals surface area contributed by atoms with E-state index in [9.17, 15) is 14.0 Å². The van der Waals surface area contributed by atoms with Crippen LogP contribution in [0.25, 0.3) is 0 Å². The monoisotopic (exact) mass is 371 g/mol. The number of amides is 2. The molecule has 1 saturated heterocycles. The highest BCUT2D eigenvalue weighted by molar-refractivity contribution is 6.31. The van der Waals surface area contributed by atoms with Crippen LogP contribution in [0.15, 0.2) is 18.2 Å². The number of carbonyl (C=O) groups is 2. The molecule has 138 valence electrons. The second kappa shape index (κ2) is 9.70. The number of rotatable bonds is 7. The van der Waals surface area contributed by atoms with E-state index in [2.05, 4.69) is 5.32 Å². The van der Waals surface area contributed by atoms with Gasteiger partial charge >= 0.3 is 0 Å². The number of carbonyl (C=O) groups excluding carboxylic acids is 2. The lowest BCUT2D eigenvalue weighted by Gasteiger charge is -2.29. The molecule has 0 bridgehead atoms. The van der Waals surface area contributed by atoms with E-state index >= 15 is 0 Å². The minimum Gasteiger partial charge on any atom is -0.383 e. The summed E-state index contributed by atoms with van der Waals surface area (Å²) in [6.45, 7) is 3.90. The molecule has 0 atom stereocenters. The normalized spacial score (nSPS) is 14.4. The van der Waals surface area contributed by atoms with Crippen LogP contribution in [0.3, 0.4) is 0 Å². The minimum absolute atomic E-state index is 0.0221. The molecule has 1 heterocycles. The molecular formula is C17H23ClFN3O3. The Labute approximate surface area is 151 Å². The molecule has 0 radical (unpaired) electrons. The van der Waals surface area contributed by atoms with Crippen LogP contribution < -0.4 is 5.32 Å². The van der Waals surface area contributed by atoms with Crippen LogP contribution in [0, 0.1) is 5.82 Å². The van der Waals surface area contributed by atoms with Crippen LogP contribution in [0.5, 0.6) is 0 Å². The first-order valence-corrected chi connectivity index (χ1v) is 8.62. The van der Waals surface area contributed by atoms with E-state index in [-0.39, 0.29) is 35.4 Å². The average molecular weight is 372 g/mol. The molecule has 0 aliphatic carbocycles. The summed E-state index contributed by atoms with van der Waals surface area (Å²) >= 11 is 5.76. The van der Waals surface area contributed by atoms with Gasteiger partial charge in [-0.1, -0.05) is 11.6 Å². The van der Waals surface area contributed by atoms with E-state index in [1.807, 2.05) is 0 Å². The number of hydrogen-bond donors (Lipinski definition) is 1. The Hall–Kier alpha value is -1.70. The first-order valence-electron chi connectivity index (χ1n) is 8.24. The van der Waals surface area contributed by atoms with Crippen molar-refractivity contribution in [3.05, 3.63) is 34.6 Å². The van der Waals surface area contributed by atoms with Crippen LogP contribution in [-0.2, 0) is 9.53 Å². The zero-order chi connectivity index (χ0) is 18.2. The van der Waals surface area contributed by atoms with Gasteiger partial charge in [-0.05, 0) is 18.2 Å². The van der Waals surface area contributed by atoms with E-state index < -0.39 is 5.82 Å². The number of halogens is 2. The Morgan fingerprint density at radius 2 is 2.04 bits per heavy atom. The van der Waals surface area contributed by atoms with Crippen LogP contribution in [-0.4, -0.2) is 74.6 Å². The highest BCUT2D eigenvalue weighted by Crippen LogP contribution is 2.17. The predicted octanol–water partition coefficient (Wildman–Crippen LogP) is 1.39. The quantitative estimate of drug-likeness (QED) is 0.786. The van der Waals surface area contributed by atoms with Crippen LogP contribution in [0.2, 0.25) is 5.02 Å². The van der Waals surface area contributed by atoms with E-state index in [1.54, 1.807) is 12.0 Å². The van der Waals surface area contributed by atoms with E-state index in [0.29, 0.717) is 26.2 Å². The maximum absolute atomic E-state index is 13.3.